The smallest absolute Gasteiger partial charge is 0.310 e. The zero-order valence-corrected chi connectivity index (χ0v) is 13.7. The Balaban J connectivity index is 2.31. The molecule has 1 fully saturated rings. The fourth-order valence-electron chi connectivity index (χ4n) is 2.84. The average Bonchev–Trinajstić information content (AvgIpc) is 2.79. The lowest BCUT2D eigenvalue weighted by Gasteiger charge is -2.17. The highest BCUT2D eigenvalue weighted by atomic mass is 35.5. The Morgan fingerprint density at radius 2 is 2.14 bits per heavy atom. The predicted molar refractivity (Wildman–Crippen MR) is 81.9 cm³/mol. The van der Waals surface area contributed by atoms with E-state index in [0.29, 0.717) is 18.4 Å². The van der Waals surface area contributed by atoms with Crippen molar-refractivity contribution in [2.24, 2.45) is 5.92 Å². The Hall–Kier alpha value is -1.40. The molecule has 0 saturated heterocycles. The fraction of sp³-hybridized carbons (Fsp3) is 0.467. The number of carbonyl (C=O) groups excluding carboxylic acids is 1. The number of carboxylic acids is 1. The van der Waals surface area contributed by atoms with E-state index in [4.69, 9.17) is 11.6 Å². The Kier molecular flexibility index (Phi) is 4.92. The van der Waals surface area contributed by atoms with Gasteiger partial charge in [0.15, 0.2) is 9.84 Å². The lowest BCUT2D eigenvalue weighted by Crippen LogP contribution is -2.18. The van der Waals surface area contributed by atoms with Gasteiger partial charge in [-0.15, -0.1) is 0 Å². The van der Waals surface area contributed by atoms with E-state index in [1.165, 1.54) is 18.2 Å². The molecule has 1 saturated carbocycles. The third-order valence-corrected chi connectivity index (χ3v) is 5.59. The summed E-state index contributed by atoms with van der Waals surface area (Å²) in [5.74, 6) is -2.04. The van der Waals surface area contributed by atoms with Crippen molar-refractivity contribution in [1.82, 2.24) is 0 Å². The van der Waals surface area contributed by atoms with Crippen LogP contribution in [0.4, 0.5) is 0 Å². The minimum absolute atomic E-state index is 0.00370. The summed E-state index contributed by atoms with van der Waals surface area (Å²) >= 11 is 5.97. The van der Waals surface area contributed by atoms with Crippen molar-refractivity contribution in [3.05, 3.63) is 28.8 Å². The summed E-state index contributed by atoms with van der Waals surface area (Å²) in [7, 11) is -3.46. The second-order valence-electron chi connectivity index (χ2n) is 5.64. The van der Waals surface area contributed by atoms with Gasteiger partial charge in [-0.2, -0.15) is 0 Å². The van der Waals surface area contributed by atoms with Crippen LogP contribution in [-0.4, -0.2) is 31.5 Å². The van der Waals surface area contributed by atoms with Crippen molar-refractivity contribution < 1.29 is 23.1 Å². The number of benzene rings is 1. The van der Waals surface area contributed by atoms with Gasteiger partial charge >= 0.3 is 5.97 Å². The van der Waals surface area contributed by atoms with Crippen LogP contribution < -0.4 is 0 Å². The van der Waals surface area contributed by atoms with E-state index in [2.05, 4.69) is 0 Å². The molecule has 1 aliphatic rings. The van der Waals surface area contributed by atoms with E-state index < -0.39 is 21.7 Å². The number of carboxylic acid groups (broad SMARTS) is 1. The Bertz CT molecular complexity index is 711. The first-order valence-electron chi connectivity index (χ1n) is 6.95. The Labute approximate surface area is 134 Å². The molecule has 0 aliphatic heterocycles. The number of hydrogen-bond acceptors (Lipinski definition) is 4. The number of Topliss-reactive ketones (excluding diaryl/α,β-unsaturated/α-hetero) is 1. The number of carbonyl (C=O) groups is 2. The molecule has 0 amide bonds. The molecular weight excluding hydrogens is 328 g/mol. The molecule has 0 heterocycles. The average molecular weight is 345 g/mol. The second-order valence-corrected chi connectivity index (χ2v) is 8.04. The number of rotatable bonds is 5. The largest absolute Gasteiger partial charge is 0.481 e. The summed E-state index contributed by atoms with van der Waals surface area (Å²) in [5.41, 5.74) is 0.421. The van der Waals surface area contributed by atoms with Crippen LogP contribution in [-0.2, 0) is 19.4 Å². The summed E-state index contributed by atoms with van der Waals surface area (Å²) in [5, 5.41) is 9.42. The summed E-state index contributed by atoms with van der Waals surface area (Å²) in [4.78, 5) is 23.2. The third-order valence-electron chi connectivity index (χ3n) is 4.01. The molecule has 7 heteroatoms. The van der Waals surface area contributed by atoms with Gasteiger partial charge in [0, 0.05) is 18.6 Å². The highest BCUT2D eigenvalue weighted by Crippen LogP contribution is 2.34. The van der Waals surface area contributed by atoms with Crippen molar-refractivity contribution in [3.63, 3.8) is 0 Å². The molecule has 1 aromatic rings. The van der Waals surface area contributed by atoms with Crippen LogP contribution in [0, 0.1) is 5.92 Å². The molecule has 0 aromatic heterocycles. The Morgan fingerprint density at radius 1 is 1.45 bits per heavy atom. The number of halogens is 1. The quantitative estimate of drug-likeness (QED) is 0.887. The van der Waals surface area contributed by atoms with Crippen LogP contribution in [0.3, 0.4) is 0 Å². The van der Waals surface area contributed by atoms with Crippen LogP contribution in [0.1, 0.15) is 37.2 Å². The lowest BCUT2D eigenvalue weighted by atomic mass is 9.87. The summed E-state index contributed by atoms with van der Waals surface area (Å²) < 4.78 is 23.1. The molecule has 0 unspecified atom stereocenters. The van der Waals surface area contributed by atoms with Crippen LogP contribution in [0.15, 0.2) is 23.1 Å². The maximum absolute atomic E-state index is 11.7. The van der Waals surface area contributed by atoms with Gasteiger partial charge < -0.3 is 5.11 Å². The standard InChI is InChI=1S/C15H17ClO5S/c1-22(20,21)14-6-5-9(8-12(14)16)11(15(18)19)7-10-3-2-4-13(10)17/h5-6,8,10-11H,2-4,7H2,1H3,(H,18,19)/t10-,11-/m1/s1. The summed E-state index contributed by atoms with van der Waals surface area (Å²) in [6.45, 7) is 0. The molecule has 0 spiro atoms. The van der Waals surface area contributed by atoms with Gasteiger partial charge in [0.2, 0.25) is 0 Å². The number of ketones is 1. The van der Waals surface area contributed by atoms with E-state index in [0.717, 1.165) is 12.7 Å². The topological polar surface area (TPSA) is 88.5 Å². The van der Waals surface area contributed by atoms with E-state index >= 15 is 0 Å². The van der Waals surface area contributed by atoms with E-state index in [9.17, 15) is 23.1 Å². The molecule has 2 rings (SSSR count). The fourth-order valence-corrected chi connectivity index (χ4v) is 4.17. The van der Waals surface area contributed by atoms with Gasteiger partial charge in [-0.25, -0.2) is 8.42 Å². The van der Waals surface area contributed by atoms with Gasteiger partial charge in [0.1, 0.15) is 5.78 Å². The molecule has 0 bridgehead atoms. The molecule has 1 aromatic carbocycles. The van der Waals surface area contributed by atoms with Gasteiger partial charge in [-0.3, -0.25) is 9.59 Å². The molecule has 1 aliphatic carbocycles. The molecular formula is C15H17ClO5S. The van der Waals surface area contributed by atoms with E-state index in [-0.39, 0.29) is 28.0 Å². The van der Waals surface area contributed by atoms with E-state index in [1.807, 2.05) is 0 Å². The first-order valence-corrected chi connectivity index (χ1v) is 9.22. The van der Waals surface area contributed by atoms with Crippen LogP contribution in [0.2, 0.25) is 5.02 Å². The number of hydrogen-bond donors (Lipinski definition) is 1. The van der Waals surface area contributed by atoms with Gasteiger partial charge in [0.05, 0.1) is 15.8 Å². The monoisotopic (exact) mass is 344 g/mol. The van der Waals surface area contributed by atoms with Gasteiger partial charge in [-0.05, 0) is 37.0 Å². The number of sulfone groups is 1. The minimum Gasteiger partial charge on any atom is -0.481 e. The highest BCUT2D eigenvalue weighted by molar-refractivity contribution is 7.90. The highest BCUT2D eigenvalue weighted by Gasteiger charge is 2.31. The van der Waals surface area contributed by atoms with Crippen molar-refractivity contribution in [2.45, 2.75) is 36.5 Å². The van der Waals surface area contributed by atoms with Crippen molar-refractivity contribution in [2.75, 3.05) is 6.26 Å². The van der Waals surface area contributed by atoms with Crippen LogP contribution in [0.5, 0.6) is 0 Å². The van der Waals surface area contributed by atoms with Crippen molar-refractivity contribution >= 4 is 33.2 Å². The van der Waals surface area contributed by atoms with Crippen molar-refractivity contribution in [3.8, 4) is 0 Å². The maximum Gasteiger partial charge on any atom is 0.310 e. The van der Waals surface area contributed by atoms with Crippen LogP contribution >= 0.6 is 11.6 Å². The van der Waals surface area contributed by atoms with Gasteiger partial charge in [-0.1, -0.05) is 17.7 Å². The van der Waals surface area contributed by atoms with E-state index in [1.54, 1.807) is 0 Å². The summed E-state index contributed by atoms with van der Waals surface area (Å²) in [6, 6.07) is 4.15. The normalized spacial score (nSPS) is 20.1. The SMILES string of the molecule is CS(=O)(=O)c1ccc([C@@H](C[C@H]2CCCC2=O)C(=O)O)cc1Cl. The maximum atomic E-state index is 11.7. The third kappa shape index (κ3) is 3.67. The molecule has 120 valence electrons. The zero-order valence-electron chi connectivity index (χ0n) is 12.1. The zero-order chi connectivity index (χ0) is 16.5. The molecule has 22 heavy (non-hydrogen) atoms. The Morgan fingerprint density at radius 3 is 2.59 bits per heavy atom. The number of aliphatic carboxylic acids is 1. The molecule has 5 nitrogen and oxygen atoms in total. The minimum atomic E-state index is -3.46. The first kappa shape index (κ1) is 17.0. The predicted octanol–water partition coefficient (Wildman–Crippen LogP) is 2.67. The second kappa shape index (κ2) is 6.38. The molecule has 1 N–H and O–H groups in total. The van der Waals surface area contributed by atoms with Crippen molar-refractivity contribution in [1.29, 1.82) is 0 Å². The summed E-state index contributed by atoms with van der Waals surface area (Å²) in [6.07, 6.45) is 3.27. The lowest BCUT2D eigenvalue weighted by molar-refractivity contribution is -0.139. The van der Waals surface area contributed by atoms with Gasteiger partial charge in [0.25, 0.3) is 0 Å². The van der Waals surface area contributed by atoms with Crippen LogP contribution in [0.25, 0.3) is 0 Å². The first-order chi connectivity index (χ1) is 10.2. The molecule has 2 atom stereocenters. The molecule has 0 radical (unpaired) electrons.